The van der Waals surface area contributed by atoms with Gasteiger partial charge in [-0.3, -0.25) is 14.6 Å². The lowest BCUT2D eigenvalue weighted by Crippen LogP contribution is -2.38. The predicted molar refractivity (Wildman–Crippen MR) is 91.3 cm³/mol. The number of thioether (sulfide) groups is 2. The summed E-state index contributed by atoms with van der Waals surface area (Å²) < 4.78 is 0. The van der Waals surface area contributed by atoms with Crippen LogP contribution in [0.5, 0.6) is 0 Å². The zero-order valence-corrected chi connectivity index (χ0v) is 14.0. The summed E-state index contributed by atoms with van der Waals surface area (Å²) in [4.78, 5) is 39.0. The minimum absolute atomic E-state index is 0.154. The molecule has 0 spiro atoms. The molecule has 7 nitrogen and oxygen atoms in total. The van der Waals surface area contributed by atoms with Gasteiger partial charge in [0, 0.05) is 22.6 Å². The number of aromatic amines is 2. The van der Waals surface area contributed by atoms with E-state index in [9.17, 15) is 19.5 Å². The number of hydrogen-bond donors (Lipinski definition) is 4. The van der Waals surface area contributed by atoms with E-state index in [1.165, 1.54) is 12.2 Å². The molecule has 122 valence electrons. The maximum Gasteiger partial charge on any atom is 0.325 e. The van der Waals surface area contributed by atoms with Crippen molar-refractivity contribution in [2.75, 3.05) is 23.7 Å². The Labute approximate surface area is 136 Å². The van der Waals surface area contributed by atoms with Crippen molar-refractivity contribution in [2.45, 2.75) is 13.0 Å². The summed E-state index contributed by atoms with van der Waals surface area (Å²) in [7, 11) is 0. The highest BCUT2D eigenvalue weighted by molar-refractivity contribution is 8.15. The van der Waals surface area contributed by atoms with Crippen LogP contribution >= 0.6 is 23.5 Å². The lowest BCUT2D eigenvalue weighted by Gasteiger charge is -2.14. The van der Waals surface area contributed by atoms with Gasteiger partial charge in [0.1, 0.15) is 0 Å². The van der Waals surface area contributed by atoms with Crippen LogP contribution in [0.25, 0.3) is 6.08 Å². The number of hydrogen-bond acceptors (Lipinski definition) is 6. The van der Waals surface area contributed by atoms with Gasteiger partial charge < -0.3 is 15.4 Å². The van der Waals surface area contributed by atoms with Crippen LogP contribution < -0.4 is 16.6 Å². The third kappa shape index (κ3) is 6.12. The Morgan fingerprint density at radius 2 is 2.14 bits per heavy atom. The molecule has 0 saturated heterocycles. The Morgan fingerprint density at radius 3 is 2.73 bits per heavy atom. The summed E-state index contributed by atoms with van der Waals surface area (Å²) in [6.45, 7) is 1.42. The average Bonchev–Trinajstić information content (AvgIpc) is 2.45. The van der Waals surface area contributed by atoms with Crippen LogP contribution in [0.15, 0.2) is 15.7 Å². The third-order valence-electron chi connectivity index (χ3n) is 2.67. The van der Waals surface area contributed by atoms with E-state index in [0.717, 1.165) is 5.08 Å². The topological polar surface area (TPSA) is 115 Å². The van der Waals surface area contributed by atoms with E-state index in [2.05, 4.69) is 15.3 Å². The molecule has 0 aliphatic carbocycles. The molecule has 1 aromatic heterocycles. The van der Waals surface area contributed by atoms with Gasteiger partial charge in [0.05, 0.1) is 18.2 Å². The molecule has 1 aromatic rings. The first kappa shape index (κ1) is 18.6. The molecule has 0 aliphatic heterocycles. The molecule has 0 aromatic carbocycles. The van der Waals surface area contributed by atoms with Crippen molar-refractivity contribution in [1.29, 1.82) is 0 Å². The number of carbonyl (C=O) groups is 1. The first-order valence-electron chi connectivity index (χ1n) is 6.47. The highest BCUT2D eigenvalue weighted by Gasteiger charge is 2.10. The Balaban J connectivity index is 2.68. The van der Waals surface area contributed by atoms with E-state index in [1.807, 2.05) is 6.26 Å². The average molecular weight is 345 g/mol. The smallest absolute Gasteiger partial charge is 0.325 e. The number of H-pyrrole nitrogens is 2. The summed E-state index contributed by atoms with van der Waals surface area (Å²) in [5.74, 6) is 0.198. The standard InChI is InChI=1S/C13H19N3O4S2/c1-8-10(12(19)16-13(20)14-8)3-4-11(18)15-9(5-17)6-22-7-21-2/h3-4,9,17H,5-7H2,1-2H3,(H,15,18)(H2,14,16,19,20)/b4-3+. The molecular formula is C13H19N3O4S2. The second-order valence-corrected chi connectivity index (χ2v) is 6.71. The largest absolute Gasteiger partial charge is 0.394 e. The Kier molecular flexibility index (Phi) is 8.07. The summed E-state index contributed by atoms with van der Waals surface area (Å²) >= 11 is 3.29. The van der Waals surface area contributed by atoms with Gasteiger partial charge >= 0.3 is 5.69 Å². The van der Waals surface area contributed by atoms with E-state index >= 15 is 0 Å². The number of aromatic nitrogens is 2. The molecule has 22 heavy (non-hydrogen) atoms. The second-order valence-electron chi connectivity index (χ2n) is 4.45. The van der Waals surface area contributed by atoms with Crippen molar-refractivity contribution in [3.8, 4) is 0 Å². The van der Waals surface area contributed by atoms with Gasteiger partial charge in [-0.15, -0.1) is 11.8 Å². The van der Waals surface area contributed by atoms with Crippen molar-refractivity contribution in [3.05, 3.63) is 38.2 Å². The molecule has 9 heteroatoms. The lowest BCUT2D eigenvalue weighted by molar-refractivity contribution is -0.117. The summed E-state index contributed by atoms with van der Waals surface area (Å²) in [6.07, 6.45) is 4.52. The first-order chi connectivity index (χ1) is 10.5. The maximum atomic E-state index is 11.8. The normalized spacial score (nSPS) is 12.5. The Bertz CT molecular complexity index is 639. The third-order valence-corrected chi connectivity index (χ3v) is 4.91. The molecule has 1 unspecified atom stereocenters. The molecule has 1 rings (SSSR count). The van der Waals surface area contributed by atoms with E-state index < -0.39 is 17.2 Å². The zero-order valence-electron chi connectivity index (χ0n) is 12.3. The molecule has 4 N–H and O–H groups in total. The van der Waals surface area contributed by atoms with Crippen LogP contribution in [0, 0.1) is 6.92 Å². The van der Waals surface area contributed by atoms with Gasteiger partial charge in [-0.05, 0) is 19.3 Å². The van der Waals surface area contributed by atoms with Crippen LogP contribution in [-0.4, -0.2) is 50.7 Å². The number of nitrogens with one attached hydrogen (secondary N) is 3. The highest BCUT2D eigenvalue weighted by atomic mass is 32.2. The Morgan fingerprint density at radius 1 is 1.41 bits per heavy atom. The van der Waals surface area contributed by atoms with Crippen molar-refractivity contribution in [1.82, 2.24) is 15.3 Å². The first-order valence-corrected chi connectivity index (χ1v) is 9.02. The number of aliphatic hydroxyl groups is 1. The minimum Gasteiger partial charge on any atom is -0.394 e. The van der Waals surface area contributed by atoms with Gasteiger partial charge in [-0.2, -0.15) is 11.8 Å². The molecule has 0 bridgehead atoms. The molecule has 1 atom stereocenters. The number of carbonyl (C=O) groups excluding carboxylic acids is 1. The quantitative estimate of drug-likeness (QED) is 0.297. The fraction of sp³-hybridized carbons (Fsp3) is 0.462. The van der Waals surface area contributed by atoms with E-state index in [-0.39, 0.29) is 18.2 Å². The summed E-state index contributed by atoms with van der Waals surface area (Å²) in [5, 5.41) is 12.8. The van der Waals surface area contributed by atoms with E-state index in [4.69, 9.17) is 0 Å². The number of aliphatic hydroxyl groups excluding tert-OH is 1. The molecular weight excluding hydrogens is 326 g/mol. The summed E-state index contributed by atoms with van der Waals surface area (Å²) in [6, 6.07) is -0.343. The molecule has 0 radical (unpaired) electrons. The van der Waals surface area contributed by atoms with Gasteiger partial charge in [-0.25, -0.2) is 4.79 Å². The Hall–Kier alpha value is -1.45. The van der Waals surface area contributed by atoms with Crippen LogP contribution in [0.2, 0.25) is 0 Å². The van der Waals surface area contributed by atoms with Crippen molar-refractivity contribution >= 4 is 35.5 Å². The summed E-state index contributed by atoms with van der Waals surface area (Å²) in [5.41, 5.74) is -0.547. The highest BCUT2D eigenvalue weighted by Crippen LogP contribution is 2.09. The SMILES string of the molecule is CSCSCC(CO)NC(=O)/C=C/c1c(C)[nH]c(=O)[nH]c1=O. The van der Waals surface area contributed by atoms with Crippen molar-refractivity contribution < 1.29 is 9.90 Å². The predicted octanol–water partition coefficient (Wildman–Crippen LogP) is -0.0844. The minimum atomic E-state index is -0.588. The van der Waals surface area contributed by atoms with Crippen LogP contribution in [0.3, 0.4) is 0 Å². The second kappa shape index (κ2) is 9.54. The lowest BCUT2D eigenvalue weighted by atomic mass is 10.2. The molecule has 0 aliphatic rings. The van der Waals surface area contributed by atoms with Gasteiger partial charge in [0.25, 0.3) is 5.56 Å². The fourth-order valence-electron chi connectivity index (χ4n) is 1.63. The zero-order chi connectivity index (χ0) is 16.5. The molecule has 0 fully saturated rings. The molecule has 1 heterocycles. The van der Waals surface area contributed by atoms with E-state index in [0.29, 0.717) is 11.4 Å². The number of amides is 1. The van der Waals surface area contributed by atoms with Crippen LogP contribution in [0.1, 0.15) is 11.3 Å². The van der Waals surface area contributed by atoms with Crippen molar-refractivity contribution in [2.24, 2.45) is 0 Å². The van der Waals surface area contributed by atoms with Gasteiger partial charge in [-0.1, -0.05) is 0 Å². The van der Waals surface area contributed by atoms with Crippen LogP contribution in [-0.2, 0) is 4.79 Å². The van der Waals surface area contributed by atoms with Crippen molar-refractivity contribution in [3.63, 3.8) is 0 Å². The van der Waals surface area contributed by atoms with Gasteiger partial charge in [0.15, 0.2) is 0 Å². The maximum absolute atomic E-state index is 11.8. The monoisotopic (exact) mass is 345 g/mol. The van der Waals surface area contributed by atoms with E-state index in [1.54, 1.807) is 30.4 Å². The molecule has 1 amide bonds. The van der Waals surface area contributed by atoms with Crippen LogP contribution in [0.4, 0.5) is 0 Å². The number of rotatable bonds is 8. The fourth-order valence-corrected chi connectivity index (χ4v) is 3.16. The van der Waals surface area contributed by atoms with Gasteiger partial charge in [0.2, 0.25) is 5.91 Å². The number of aryl methyl sites for hydroxylation is 1. The molecule has 0 saturated carbocycles.